The van der Waals surface area contributed by atoms with Gasteiger partial charge in [-0.3, -0.25) is 0 Å². The Hall–Kier alpha value is -2.63. The lowest BCUT2D eigenvalue weighted by Gasteiger charge is -2.33. The molecule has 3 atom stereocenters. The quantitative estimate of drug-likeness (QED) is 0.721. The molecule has 0 aliphatic carbocycles. The maximum Gasteiger partial charge on any atom is 0.187 e. The minimum absolute atomic E-state index is 0.204. The van der Waals surface area contributed by atoms with Gasteiger partial charge in [0.15, 0.2) is 9.84 Å². The molecule has 0 radical (unpaired) electrons. The lowest BCUT2D eigenvalue weighted by atomic mass is 9.86. The highest BCUT2D eigenvalue weighted by Crippen LogP contribution is 2.48. The van der Waals surface area contributed by atoms with Crippen LogP contribution in [0.15, 0.2) is 89.8 Å². The maximum absolute atomic E-state index is 13.4. The van der Waals surface area contributed by atoms with Crippen molar-refractivity contribution in [2.24, 2.45) is 0 Å². The Morgan fingerprint density at radius 3 is 2.07 bits per heavy atom. The molecule has 3 aromatic rings. The number of fused-ring (bicyclic) bond motifs is 1. The van der Waals surface area contributed by atoms with Crippen LogP contribution in [-0.4, -0.2) is 18.8 Å². The van der Waals surface area contributed by atoms with E-state index in [-0.39, 0.29) is 4.90 Å². The predicted molar refractivity (Wildman–Crippen MR) is 106 cm³/mol. The number of aliphatic hydroxyl groups is 1. The number of para-hydroxylation sites is 1. The number of hydrogen-bond donors (Lipinski definition) is 2. The van der Waals surface area contributed by atoms with E-state index < -0.39 is 26.7 Å². The van der Waals surface area contributed by atoms with Crippen LogP contribution in [0.2, 0.25) is 0 Å². The summed E-state index contributed by atoms with van der Waals surface area (Å²) in [6.07, 6.45) is 0. The summed E-state index contributed by atoms with van der Waals surface area (Å²) in [6, 6.07) is 25.0. The monoisotopic (exact) mass is 379 g/mol. The van der Waals surface area contributed by atoms with Crippen LogP contribution in [0.5, 0.6) is 0 Å². The summed E-state index contributed by atoms with van der Waals surface area (Å²) < 4.78 is 26.8. The zero-order valence-corrected chi connectivity index (χ0v) is 15.7. The van der Waals surface area contributed by atoms with E-state index in [1.165, 1.54) is 0 Å². The molecule has 1 heterocycles. The minimum Gasteiger partial charge on any atom is -0.384 e. The van der Waals surface area contributed by atoms with E-state index in [4.69, 9.17) is 0 Å². The minimum atomic E-state index is -3.73. The molecule has 3 unspecified atom stereocenters. The normalized spacial score (nSPS) is 24.1. The lowest BCUT2D eigenvalue weighted by molar-refractivity contribution is 0.0497. The molecule has 4 rings (SSSR count). The Morgan fingerprint density at radius 2 is 1.44 bits per heavy atom. The first-order chi connectivity index (χ1) is 12.9. The Bertz CT molecular complexity index is 1050. The fourth-order valence-electron chi connectivity index (χ4n) is 3.94. The average Bonchev–Trinajstić information content (AvgIpc) is 2.84. The third-order valence-corrected chi connectivity index (χ3v) is 7.55. The molecule has 0 saturated heterocycles. The van der Waals surface area contributed by atoms with Crippen LogP contribution >= 0.6 is 0 Å². The van der Waals surface area contributed by atoms with Gasteiger partial charge in [-0.2, -0.15) is 0 Å². The molecular formula is C22H21NO3S. The summed E-state index contributed by atoms with van der Waals surface area (Å²) in [5.74, 6) is 0. The SMILES string of the molecule is CC1(O)c2ccccc2S(=O)(=O)C1C(Nc1ccccc1)c1ccccc1. The molecule has 138 valence electrons. The highest BCUT2D eigenvalue weighted by atomic mass is 32.2. The number of rotatable bonds is 4. The molecule has 1 aliphatic heterocycles. The van der Waals surface area contributed by atoms with Gasteiger partial charge < -0.3 is 10.4 Å². The van der Waals surface area contributed by atoms with Gasteiger partial charge in [-0.15, -0.1) is 0 Å². The molecule has 0 amide bonds. The maximum atomic E-state index is 13.4. The van der Waals surface area contributed by atoms with E-state index in [0.717, 1.165) is 11.3 Å². The Labute approximate surface area is 159 Å². The summed E-state index contributed by atoms with van der Waals surface area (Å²) in [4.78, 5) is 0.204. The molecule has 2 N–H and O–H groups in total. The van der Waals surface area contributed by atoms with Crippen LogP contribution in [-0.2, 0) is 15.4 Å². The van der Waals surface area contributed by atoms with Gasteiger partial charge in [0, 0.05) is 11.3 Å². The molecular weight excluding hydrogens is 358 g/mol. The second-order valence-corrected chi connectivity index (χ2v) is 9.05. The number of benzene rings is 3. The van der Waals surface area contributed by atoms with Crippen molar-refractivity contribution in [2.75, 3.05) is 5.32 Å². The molecule has 0 spiro atoms. The van der Waals surface area contributed by atoms with Crippen LogP contribution < -0.4 is 5.32 Å². The van der Waals surface area contributed by atoms with Crippen molar-refractivity contribution < 1.29 is 13.5 Å². The van der Waals surface area contributed by atoms with Crippen molar-refractivity contribution in [3.8, 4) is 0 Å². The number of hydrogen-bond acceptors (Lipinski definition) is 4. The number of anilines is 1. The van der Waals surface area contributed by atoms with Crippen LogP contribution in [0.25, 0.3) is 0 Å². The molecule has 0 aromatic heterocycles. The summed E-state index contributed by atoms with van der Waals surface area (Å²) in [5, 5.41) is 13.6. The molecule has 0 saturated carbocycles. The molecule has 27 heavy (non-hydrogen) atoms. The largest absolute Gasteiger partial charge is 0.384 e. The fourth-order valence-corrected chi connectivity index (χ4v) is 6.37. The molecule has 1 aliphatic rings. The second-order valence-electron chi connectivity index (χ2n) is 7.01. The van der Waals surface area contributed by atoms with Crippen LogP contribution in [0.3, 0.4) is 0 Å². The van der Waals surface area contributed by atoms with Crippen molar-refractivity contribution in [1.29, 1.82) is 0 Å². The van der Waals surface area contributed by atoms with Gasteiger partial charge >= 0.3 is 0 Å². The summed E-state index contributed by atoms with van der Waals surface area (Å²) >= 11 is 0. The van der Waals surface area contributed by atoms with E-state index in [1.54, 1.807) is 31.2 Å². The lowest BCUT2D eigenvalue weighted by Crippen LogP contribution is -2.43. The third kappa shape index (κ3) is 2.93. The highest BCUT2D eigenvalue weighted by Gasteiger charge is 2.56. The summed E-state index contributed by atoms with van der Waals surface area (Å²) in [5.41, 5.74) is 0.541. The topological polar surface area (TPSA) is 66.4 Å². The Kier molecular flexibility index (Phi) is 4.29. The smallest absolute Gasteiger partial charge is 0.187 e. The molecule has 0 fully saturated rings. The molecule has 0 bridgehead atoms. The van der Waals surface area contributed by atoms with Crippen molar-refractivity contribution in [1.82, 2.24) is 0 Å². The number of nitrogens with one attached hydrogen (secondary N) is 1. The van der Waals surface area contributed by atoms with Crippen LogP contribution in [0, 0.1) is 0 Å². The summed E-state index contributed by atoms with van der Waals surface area (Å²) in [7, 11) is -3.73. The van der Waals surface area contributed by atoms with E-state index in [2.05, 4.69) is 5.32 Å². The van der Waals surface area contributed by atoms with Gasteiger partial charge in [0.25, 0.3) is 0 Å². The molecule has 5 heteroatoms. The standard InChI is InChI=1S/C22H21NO3S/c1-22(24)18-14-8-9-15-19(18)27(25,26)21(22)20(16-10-4-2-5-11-16)23-17-12-6-3-7-13-17/h2-15,20-21,23-24H,1H3. The Balaban J connectivity index is 1.88. The molecule has 3 aromatic carbocycles. The van der Waals surface area contributed by atoms with Crippen molar-refractivity contribution in [3.05, 3.63) is 96.1 Å². The first-order valence-corrected chi connectivity index (χ1v) is 10.4. The predicted octanol–water partition coefficient (Wildman–Crippen LogP) is 3.90. The van der Waals surface area contributed by atoms with Crippen LogP contribution in [0.1, 0.15) is 24.1 Å². The van der Waals surface area contributed by atoms with Crippen LogP contribution in [0.4, 0.5) is 5.69 Å². The van der Waals surface area contributed by atoms with Crippen molar-refractivity contribution in [2.45, 2.75) is 28.7 Å². The second kappa shape index (κ2) is 6.51. The summed E-state index contributed by atoms with van der Waals surface area (Å²) in [6.45, 7) is 1.59. The fraction of sp³-hybridized carbons (Fsp3) is 0.182. The zero-order valence-electron chi connectivity index (χ0n) is 14.9. The van der Waals surface area contributed by atoms with Gasteiger partial charge in [0.2, 0.25) is 0 Å². The van der Waals surface area contributed by atoms with Gasteiger partial charge in [-0.1, -0.05) is 66.7 Å². The van der Waals surface area contributed by atoms with Crippen molar-refractivity contribution >= 4 is 15.5 Å². The van der Waals surface area contributed by atoms with E-state index in [1.807, 2.05) is 60.7 Å². The van der Waals surface area contributed by atoms with Gasteiger partial charge in [-0.05, 0) is 30.7 Å². The van der Waals surface area contributed by atoms with Crippen molar-refractivity contribution in [3.63, 3.8) is 0 Å². The van der Waals surface area contributed by atoms with Gasteiger partial charge in [0.1, 0.15) is 10.9 Å². The third-order valence-electron chi connectivity index (χ3n) is 5.18. The Morgan fingerprint density at radius 1 is 0.889 bits per heavy atom. The van der Waals surface area contributed by atoms with E-state index in [0.29, 0.717) is 5.56 Å². The van der Waals surface area contributed by atoms with Gasteiger partial charge in [0.05, 0.1) is 10.9 Å². The zero-order chi connectivity index (χ0) is 19.1. The first kappa shape index (κ1) is 17.8. The molecule has 4 nitrogen and oxygen atoms in total. The average molecular weight is 379 g/mol. The first-order valence-electron chi connectivity index (χ1n) is 8.84. The highest BCUT2D eigenvalue weighted by molar-refractivity contribution is 7.92. The van der Waals surface area contributed by atoms with Gasteiger partial charge in [-0.25, -0.2) is 8.42 Å². The number of sulfone groups is 1. The van der Waals surface area contributed by atoms with E-state index >= 15 is 0 Å². The van der Waals surface area contributed by atoms with E-state index in [9.17, 15) is 13.5 Å².